The van der Waals surface area contributed by atoms with Crippen molar-refractivity contribution in [3.63, 3.8) is 0 Å². The molecule has 1 N–H and O–H groups in total. The van der Waals surface area contributed by atoms with E-state index in [2.05, 4.69) is 19.2 Å². The molecule has 2 aromatic carbocycles. The molecule has 1 heterocycles. The van der Waals surface area contributed by atoms with Crippen molar-refractivity contribution in [3.05, 3.63) is 64.7 Å². The lowest BCUT2D eigenvalue weighted by atomic mass is 10.0. The molecule has 2 amide bonds. The van der Waals surface area contributed by atoms with Crippen molar-refractivity contribution in [2.45, 2.75) is 52.5 Å². The Labute approximate surface area is 179 Å². The largest absolute Gasteiger partial charge is 0.483 e. The van der Waals surface area contributed by atoms with Crippen molar-refractivity contribution >= 4 is 11.8 Å². The third-order valence-electron chi connectivity index (χ3n) is 5.89. The molecular formula is C25H32N2O3. The third-order valence-corrected chi connectivity index (χ3v) is 5.89. The summed E-state index contributed by atoms with van der Waals surface area (Å²) < 4.78 is 5.69. The Bertz CT molecular complexity index is 882. The van der Waals surface area contributed by atoms with Crippen molar-refractivity contribution in [1.82, 2.24) is 10.2 Å². The van der Waals surface area contributed by atoms with Gasteiger partial charge in [-0.15, -0.1) is 0 Å². The molecule has 3 rings (SSSR count). The summed E-state index contributed by atoms with van der Waals surface area (Å²) >= 11 is 0. The summed E-state index contributed by atoms with van der Waals surface area (Å²) in [6.45, 7) is 9.60. The smallest absolute Gasteiger partial charge is 0.258 e. The van der Waals surface area contributed by atoms with E-state index in [9.17, 15) is 9.59 Å². The molecule has 30 heavy (non-hydrogen) atoms. The Kier molecular flexibility index (Phi) is 7.14. The number of likely N-dealkylation sites (tertiary alicyclic amines) is 1. The Hall–Kier alpha value is -2.82. The number of benzene rings is 2. The van der Waals surface area contributed by atoms with E-state index in [1.807, 2.05) is 61.2 Å². The summed E-state index contributed by atoms with van der Waals surface area (Å²) in [6.07, 6.45) is 1.51. The highest BCUT2D eigenvalue weighted by Gasteiger charge is 2.24. The van der Waals surface area contributed by atoms with Gasteiger partial charge in [-0.05, 0) is 67.5 Å². The Morgan fingerprint density at radius 2 is 1.73 bits per heavy atom. The van der Waals surface area contributed by atoms with Gasteiger partial charge < -0.3 is 15.0 Å². The Morgan fingerprint density at radius 3 is 2.37 bits per heavy atom. The summed E-state index contributed by atoms with van der Waals surface area (Å²) in [4.78, 5) is 26.9. The molecule has 1 aliphatic heterocycles. The second-order valence-corrected chi connectivity index (χ2v) is 8.40. The molecule has 1 fully saturated rings. The summed E-state index contributed by atoms with van der Waals surface area (Å²) in [5.41, 5.74) is 4.15. The second kappa shape index (κ2) is 9.79. The molecule has 0 spiro atoms. The highest BCUT2D eigenvalue weighted by Crippen LogP contribution is 2.21. The van der Waals surface area contributed by atoms with Gasteiger partial charge in [-0.3, -0.25) is 9.59 Å². The van der Waals surface area contributed by atoms with E-state index in [-0.39, 0.29) is 24.5 Å². The van der Waals surface area contributed by atoms with Crippen LogP contribution in [0.4, 0.5) is 0 Å². The highest BCUT2D eigenvalue weighted by molar-refractivity contribution is 5.94. The second-order valence-electron chi connectivity index (χ2n) is 8.40. The predicted octanol–water partition coefficient (Wildman–Crippen LogP) is 4.23. The van der Waals surface area contributed by atoms with Crippen LogP contribution in [0.1, 0.15) is 59.7 Å². The van der Waals surface area contributed by atoms with Gasteiger partial charge in [0.1, 0.15) is 5.75 Å². The number of nitrogens with one attached hydrogen (secondary N) is 1. The first-order valence-electron chi connectivity index (χ1n) is 10.7. The monoisotopic (exact) mass is 408 g/mol. The number of piperidine rings is 1. The van der Waals surface area contributed by atoms with E-state index >= 15 is 0 Å². The van der Waals surface area contributed by atoms with Gasteiger partial charge in [0, 0.05) is 24.7 Å². The molecule has 5 nitrogen and oxygen atoms in total. The van der Waals surface area contributed by atoms with Gasteiger partial charge in [0.25, 0.3) is 11.8 Å². The van der Waals surface area contributed by atoms with Crippen molar-refractivity contribution in [1.29, 1.82) is 0 Å². The van der Waals surface area contributed by atoms with Crippen LogP contribution in [0.3, 0.4) is 0 Å². The van der Waals surface area contributed by atoms with Crippen LogP contribution in [0.5, 0.6) is 5.75 Å². The lowest BCUT2D eigenvalue weighted by Crippen LogP contribution is -2.47. The van der Waals surface area contributed by atoms with Crippen LogP contribution in [0, 0.1) is 13.8 Å². The van der Waals surface area contributed by atoms with Crippen LogP contribution in [0.15, 0.2) is 42.5 Å². The molecule has 0 aromatic heterocycles. The maximum atomic E-state index is 12.7. The van der Waals surface area contributed by atoms with Gasteiger partial charge in [-0.1, -0.05) is 38.1 Å². The summed E-state index contributed by atoms with van der Waals surface area (Å²) in [5.74, 6) is 1.14. The lowest BCUT2D eigenvalue weighted by Gasteiger charge is -2.32. The van der Waals surface area contributed by atoms with Crippen LogP contribution in [0.2, 0.25) is 0 Å². The number of hydrogen-bond acceptors (Lipinski definition) is 3. The van der Waals surface area contributed by atoms with E-state index in [0.29, 0.717) is 19.0 Å². The zero-order valence-electron chi connectivity index (χ0n) is 18.4. The minimum absolute atomic E-state index is 0.00559. The zero-order valence-corrected chi connectivity index (χ0v) is 18.4. The van der Waals surface area contributed by atoms with Gasteiger partial charge in [0.05, 0.1) is 0 Å². The van der Waals surface area contributed by atoms with Crippen LogP contribution < -0.4 is 10.1 Å². The molecule has 0 radical (unpaired) electrons. The van der Waals surface area contributed by atoms with E-state index in [0.717, 1.165) is 35.3 Å². The first-order valence-corrected chi connectivity index (χ1v) is 10.7. The van der Waals surface area contributed by atoms with Gasteiger partial charge in [0.2, 0.25) is 0 Å². The maximum Gasteiger partial charge on any atom is 0.258 e. The first kappa shape index (κ1) is 21.9. The lowest BCUT2D eigenvalue weighted by molar-refractivity contribution is -0.124. The highest BCUT2D eigenvalue weighted by atomic mass is 16.5. The maximum absolute atomic E-state index is 12.7. The van der Waals surface area contributed by atoms with Gasteiger partial charge in [0.15, 0.2) is 6.61 Å². The number of amides is 2. The SMILES string of the molecule is Cc1cccc(OCC(=O)NC2CCN(C(=O)c3ccc(C(C)C)cc3)CC2)c1C. The fraction of sp³-hybridized carbons (Fsp3) is 0.440. The minimum atomic E-state index is -0.120. The van der Waals surface area contributed by atoms with Gasteiger partial charge in [-0.25, -0.2) is 0 Å². The molecule has 0 bridgehead atoms. The minimum Gasteiger partial charge on any atom is -0.483 e. The fourth-order valence-electron chi connectivity index (χ4n) is 3.71. The molecule has 0 unspecified atom stereocenters. The number of hydrogen-bond donors (Lipinski definition) is 1. The van der Waals surface area contributed by atoms with Crippen molar-refractivity contribution < 1.29 is 14.3 Å². The number of rotatable bonds is 6. The van der Waals surface area contributed by atoms with E-state index in [1.54, 1.807) is 0 Å². The number of aryl methyl sites for hydroxylation is 1. The molecule has 0 aliphatic carbocycles. The Balaban J connectivity index is 1.45. The summed E-state index contributed by atoms with van der Waals surface area (Å²) in [5, 5.41) is 3.04. The normalized spacial score (nSPS) is 14.6. The van der Waals surface area contributed by atoms with Crippen molar-refractivity contribution in [3.8, 4) is 5.75 Å². The van der Waals surface area contributed by atoms with Gasteiger partial charge in [-0.2, -0.15) is 0 Å². The molecule has 1 saturated heterocycles. The van der Waals surface area contributed by atoms with Crippen LogP contribution in [-0.2, 0) is 4.79 Å². The molecule has 160 valence electrons. The topological polar surface area (TPSA) is 58.6 Å². The van der Waals surface area contributed by atoms with E-state index < -0.39 is 0 Å². The van der Waals surface area contributed by atoms with Crippen LogP contribution >= 0.6 is 0 Å². The average Bonchev–Trinajstić information content (AvgIpc) is 2.75. The summed E-state index contributed by atoms with van der Waals surface area (Å²) in [7, 11) is 0. The number of carbonyl (C=O) groups is 2. The predicted molar refractivity (Wildman–Crippen MR) is 119 cm³/mol. The van der Waals surface area contributed by atoms with E-state index in [4.69, 9.17) is 4.74 Å². The Morgan fingerprint density at radius 1 is 1.07 bits per heavy atom. The number of carbonyl (C=O) groups excluding carboxylic acids is 2. The fourth-order valence-corrected chi connectivity index (χ4v) is 3.71. The third kappa shape index (κ3) is 5.41. The molecular weight excluding hydrogens is 376 g/mol. The molecule has 0 atom stereocenters. The van der Waals surface area contributed by atoms with Crippen LogP contribution in [0.25, 0.3) is 0 Å². The standard InChI is InChI=1S/C25H32N2O3/c1-17(2)20-8-10-21(11-9-20)25(29)27-14-12-22(13-15-27)26-24(28)16-30-23-7-5-6-18(3)19(23)4/h5-11,17,22H,12-16H2,1-4H3,(H,26,28). The molecule has 5 heteroatoms. The van der Waals surface area contributed by atoms with E-state index in [1.165, 1.54) is 5.56 Å². The summed E-state index contributed by atoms with van der Waals surface area (Å²) in [6, 6.07) is 13.8. The van der Waals surface area contributed by atoms with Crippen molar-refractivity contribution in [2.24, 2.45) is 0 Å². The number of nitrogens with zero attached hydrogens (tertiary/aromatic N) is 1. The first-order chi connectivity index (χ1) is 14.3. The molecule has 1 aliphatic rings. The van der Waals surface area contributed by atoms with Gasteiger partial charge >= 0.3 is 0 Å². The quantitative estimate of drug-likeness (QED) is 0.778. The molecule has 0 saturated carbocycles. The van der Waals surface area contributed by atoms with Crippen LogP contribution in [-0.4, -0.2) is 42.5 Å². The van der Waals surface area contributed by atoms with Crippen molar-refractivity contribution in [2.75, 3.05) is 19.7 Å². The molecule has 2 aromatic rings. The zero-order chi connectivity index (χ0) is 21.7. The number of ether oxygens (including phenoxy) is 1. The average molecular weight is 409 g/mol.